The predicted octanol–water partition coefficient (Wildman–Crippen LogP) is 1.60. The van der Waals surface area contributed by atoms with Gasteiger partial charge in [0.15, 0.2) is 0 Å². The van der Waals surface area contributed by atoms with Gasteiger partial charge in [0.2, 0.25) is 0 Å². The molecule has 0 spiro atoms. The maximum Gasteiger partial charge on any atom is 0.119 e. The highest BCUT2D eigenvalue weighted by Crippen LogP contribution is 2.31. The van der Waals surface area contributed by atoms with Crippen LogP contribution in [0.1, 0.15) is 16.7 Å². The Morgan fingerprint density at radius 2 is 2.11 bits per heavy atom. The molecule has 0 amide bonds. The van der Waals surface area contributed by atoms with Crippen LogP contribution in [0.15, 0.2) is 12.1 Å². The van der Waals surface area contributed by atoms with Crippen LogP contribution >= 0.6 is 0 Å². The molecule has 0 heterocycles. The monoisotopic (exact) mass is 120 g/mol. The van der Waals surface area contributed by atoms with Crippen molar-refractivity contribution in [2.75, 3.05) is 0 Å². The van der Waals surface area contributed by atoms with Crippen molar-refractivity contribution in [2.24, 2.45) is 0 Å². The van der Waals surface area contributed by atoms with E-state index in [4.69, 9.17) is 5.11 Å². The smallest absolute Gasteiger partial charge is 0.119 e. The number of phenolic OH excluding ortho intramolecular Hbond substituents is 1. The normalized spacial score (nSPS) is 13.0. The van der Waals surface area contributed by atoms with E-state index in [2.05, 4.69) is 6.07 Å². The van der Waals surface area contributed by atoms with Gasteiger partial charge in [-0.3, -0.25) is 0 Å². The van der Waals surface area contributed by atoms with Crippen LogP contribution in [0.25, 0.3) is 0 Å². The lowest BCUT2D eigenvalue weighted by atomic mass is 9.88. The predicted molar refractivity (Wildman–Crippen MR) is 35.6 cm³/mol. The van der Waals surface area contributed by atoms with Crippen molar-refractivity contribution in [1.82, 2.24) is 0 Å². The Morgan fingerprint density at radius 3 is 2.44 bits per heavy atom. The summed E-state index contributed by atoms with van der Waals surface area (Å²) in [5.74, 6) is 0.453. The average Bonchev–Trinajstić information content (AvgIpc) is 1.72. The number of phenols is 1. The molecule has 0 unspecified atom stereocenters. The minimum Gasteiger partial charge on any atom is -0.508 e. The lowest BCUT2D eigenvalue weighted by Gasteiger charge is -2.18. The third-order valence-corrected chi connectivity index (χ3v) is 1.94. The van der Waals surface area contributed by atoms with E-state index >= 15 is 0 Å². The van der Waals surface area contributed by atoms with Gasteiger partial charge in [-0.2, -0.15) is 0 Å². The summed E-state index contributed by atoms with van der Waals surface area (Å²) >= 11 is 0. The molecule has 0 saturated heterocycles. The molecule has 0 aromatic heterocycles. The molecule has 0 radical (unpaired) electrons. The van der Waals surface area contributed by atoms with Gasteiger partial charge in [-0.25, -0.2) is 0 Å². The summed E-state index contributed by atoms with van der Waals surface area (Å²) < 4.78 is 0. The van der Waals surface area contributed by atoms with Gasteiger partial charge in [0.05, 0.1) is 0 Å². The molecule has 1 heteroatoms. The lowest BCUT2D eigenvalue weighted by Crippen LogP contribution is -2.03. The zero-order chi connectivity index (χ0) is 6.43. The Bertz CT molecular complexity index is 260. The van der Waals surface area contributed by atoms with E-state index in [0.29, 0.717) is 5.75 Å². The first-order valence-corrected chi connectivity index (χ1v) is 3.09. The van der Waals surface area contributed by atoms with Crippen LogP contribution in [-0.2, 0) is 6.42 Å². The zero-order valence-electron chi connectivity index (χ0n) is 5.31. The first-order chi connectivity index (χ1) is 4.27. The molecule has 0 saturated carbocycles. The van der Waals surface area contributed by atoms with Gasteiger partial charge in [-0.1, -0.05) is 6.07 Å². The number of aromatic hydroxyl groups is 1. The largest absolute Gasteiger partial charge is 0.508 e. The van der Waals surface area contributed by atoms with Crippen LogP contribution in [0.4, 0.5) is 0 Å². The molecule has 46 valence electrons. The second-order valence-electron chi connectivity index (χ2n) is 2.58. The molecule has 1 aromatic rings. The highest BCUT2D eigenvalue weighted by Gasteiger charge is 2.14. The van der Waals surface area contributed by atoms with Gasteiger partial charge in [0, 0.05) is 0 Å². The molecule has 3 rings (SSSR count). The van der Waals surface area contributed by atoms with E-state index in [1.54, 1.807) is 0 Å². The second kappa shape index (κ2) is 1.29. The van der Waals surface area contributed by atoms with E-state index in [-0.39, 0.29) is 0 Å². The number of fused-ring (bicyclic) bond motifs is 2. The molecule has 2 aliphatic carbocycles. The molecule has 1 nitrogen and oxygen atoms in total. The first kappa shape index (κ1) is 4.86. The van der Waals surface area contributed by atoms with Gasteiger partial charge < -0.3 is 5.11 Å². The Balaban J connectivity index is 2.72. The van der Waals surface area contributed by atoms with Gasteiger partial charge in [-0.05, 0) is 36.1 Å². The van der Waals surface area contributed by atoms with Crippen molar-refractivity contribution < 1.29 is 5.11 Å². The summed E-state index contributed by atoms with van der Waals surface area (Å²) in [7, 11) is 0. The second-order valence-corrected chi connectivity index (χ2v) is 2.58. The van der Waals surface area contributed by atoms with Gasteiger partial charge in [-0.15, -0.1) is 0 Å². The first-order valence-electron chi connectivity index (χ1n) is 3.09. The molecule has 2 aliphatic rings. The quantitative estimate of drug-likeness (QED) is 0.560. The Hall–Kier alpha value is -0.980. The molecule has 9 heavy (non-hydrogen) atoms. The van der Waals surface area contributed by atoms with E-state index in [1.807, 2.05) is 13.0 Å². The number of rotatable bonds is 0. The van der Waals surface area contributed by atoms with Gasteiger partial charge in [0.25, 0.3) is 0 Å². The van der Waals surface area contributed by atoms with Crippen LogP contribution in [0.2, 0.25) is 0 Å². The Morgan fingerprint density at radius 1 is 1.44 bits per heavy atom. The zero-order valence-corrected chi connectivity index (χ0v) is 5.31. The van der Waals surface area contributed by atoms with E-state index in [1.165, 1.54) is 11.1 Å². The van der Waals surface area contributed by atoms with Gasteiger partial charge in [0.1, 0.15) is 5.75 Å². The fourth-order valence-electron chi connectivity index (χ4n) is 1.20. The van der Waals surface area contributed by atoms with Crippen molar-refractivity contribution >= 4 is 0 Å². The van der Waals surface area contributed by atoms with E-state index < -0.39 is 0 Å². The standard InChI is InChI=1S/C8H8O/c1-5-7-2-6(3-7)4-8(5)9/h2,4,9H,3H2,1H3. The third kappa shape index (κ3) is 0.489. The van der Waals surface area contributed by atoms with Crippen LogP contribution in [-0.4, -0.2) is 5.11 Å². The van der Waals surface area contributed by atoms with Gasteiger partial charge >= 0.3 is 0 Å². The number of hydrogen-bond donors (Lipinski definition) is 1. The molecule has 1 aromatic carbocycles. The summed E-state index contributed by atoms with van der Waals surface area (Å²) in [5.41, 5.74) is 3.60. The molecular formula is C8H8O. The molecule has 2 bridgehead atoms. The minimum absolute atomic E-state index is 0.453. The van der Waals surface area contributed by atoms with Crippen LogP contribution in [0.5, 0.6) is 5.75 Å². The lowest BCUT2D eigenvalue weighted by molar-refractivity contribution is 0.467. The van der Waals surface area contributed by atoms with Crippen molar-refractivity contribution in [3.63, 3.8) is 0 Å². The molecule has 0 fully saturated rings. The van der Waals surface area contributed by atoms with Crippen LogP contribution in [0.3, 0.4) is 0 Å². The Labute approximate surface area is 53.9 Å². The fraction of sp³-hybridized carbons (Fsp3) is 0.250. The molecule has 0 aliphatic heterocycles. The number of benzene rings is 1. The Kier molecular flexibility index (Phi) is 0.699. The molecule has 0 atom stereocenters. The highest BCUT2D eigenvalue weighted by atomic mass is 16.3. The van der Waals surface area contributed by atoms with Crippen molar-refractivity contribution in [1.29, 1.82) is 0 Å². The van der Waals surface area contributed by atoms with E-state index in [9.17, 15) is 0 Å². The van der Waals surface area contributed by atoms with Crippen LogP contribution in [0, 0.1) is 6.92 Å². The van der Waals surface area contributed by atoms with E-state index in [0.717, 1.165) is 12.0 Å². The van der Waals surface area contributed by atoms with Crippen molar-refractivity contribution in [2.45, 2.75) is 13.3 Å². The minimum atomic E-state index is 0.453. The topological polar surface area (TPSA) is 20.2 Å². The fourth-order valence-corrected chi connectivity index (χ4v) is 1.20. The maximum atomic E-state index is 9.14. The summed E-state index contributed by atoms with van der Waals surface area (Å²) in [6, 6.07) is 3.96. The van der Waals surface area contributed by atoms with Crippen molar-refractivity contribution in [3.05, 3.63) is 28.8 Å². The van der Waals surface area contributed by atoms with Crippen LogP contribution < -0.4 is 0 Å². The third-order valence-electron chi connectivity index (χ3n) is 1.94. The SMILES string of the molecule is Cc1c(O)cc2cc1C2. The van der Waals surface area contributed by atoms with Crippen molar-refractivity contribution in [3.8, 4) is 5.75 Å². The molecule has 1 N–H and O–H groups in total. The summed E-state index contributed by atoms with van der Waals surface area (Å²) in [6.07, 6.45) is 1.07. The summed E-state index contributed by atoms with van der Waals surface area (Å²) in [5, 5.41) is 9.14. The molecular weight excluding hydrogens is 112 g/mol. The maximum absolute atomic E-state index is 9.14. The highest BCUT2D eigenvalue weighted by molar-refractivity contribution is 5.51. The average molecular weight is 120 g/mol. The summed E-state index contributed by atoms with van der Waals surface area (Å²) in [4.78, 5) is 0. The number of hydrogen-bond acceptors (Lipinski definition) is 1. The summed E-state index contributed by atoms with van der Waals surface area (Å²) in [6.45, 7) is 1.95.